The minimum absolute atomic E-state index is 0.298. The van der Waals surface area contributed by atoms with Gasteiger partial charge in [-0.15, -0.1) is 0 Å². The van der Waals surface area contributed by atoms with Crippen molar-refractivity contribution in [3.8, 4) is 0 Å². The minimum Gasteiger partial charge on any atom is -0.465 e. The Labute approximate surface area is 95.4 Å². The molecule has 1 aliphatic rings. The second kappa shape index (κ2) is 5.12. The highest BCUT2D eigenvalue weighted by Gasteiger charge is 2.19. The molecule has 0 amide bonds. The topological polar surface area (TPSA) is 35.5 Å². The van der Waals surface area contributed by atoms with E-state index in [1.165, 1.54) is 13.5 Å². The van der Waals surface area contributed by atoms with Crippen molar-refractivity contribution in [1.29, 1.82) is 0 Å². The fourth-order valence-electron chi connectivity index (χ4n) is 1.70. The van der Waals surface area contributed by atoms with Gasteiger partial charge >= 0.3 is 5.97 Å². The molecule has 3 nitrogen and oxygen atoms in total. The first kappa shape index (κ1) is 11.1. The Morgan fingerprint density at radius 2 is 2.12 bits per heavy atom. The summed E-state index contributed by atoms with van der Waals surface area (Å²) in [5.41, 5.74) is 1.51. The third-order valence-electron chi connectivity index (χ3n) is 2.95. The van der Waals surface area contributed by atoms with Crippen LogP contribution in [0.1, 0.15) is 35.2 Å². The summed E-state index contributed by atoms with van der Waals surface area (Å²) in [6.07, 6.45) is 3.91. The molecule has 0 radical (unpaired) electrons. The Bertz CT molecular complexity index is 369. The van der Waals surface area contributed by atoms with Crippen LogP contribution in [0.15, 0.2) is 24.3 Å². The standard InChI is InChI=1S/C13H16O3/c1-15-13(14)12-8-3-2-5-10(12)9-16-11-6-4-7-11/h2-3,5,8,11H,4,6-7,9H2,1H3. The molecule has 3 heteroatoms. The number of methoxy groups -OCH3 is 1. The van der Waals surface area contributed by atoms with Gasteiger partial charge in [-0.2, -0.15) is 0 Å². The van der Waals surface area contributed by atoms with Crippen LogP contribution in [0.5, 0.6) is 0 Å². The molecule has 0 N–H and O–H groups in total. The molecular weight excluding hydrogens is 204 g/mol. The van der Waals surface area contributed by atoms with E-state index in [1.54, 1.807) is 6.07 Å². The van der Waals surface area contributed by atoms with Gasteiger partial charge in [0.15, 0.2) is 0 Å². The summed E-state index contributed by atoms with van der Waals surface area (Å²) in [6, 6.07) is 7.42. The lowest BCUT2D eigenvalue weighted by Gasteiger charge is -2.25. The van der Waals surface area contributed by atoms with Crippen LogP contribution in [0.4, 0.5) is 0 Å². The quantitative estimate of drug-likeness (QED) is 0.731. The van der Waals surface area contributed by atoms with Crippen molar-refractivity contribution in [2.75, 3.05) is 7.11 Å². The van der Waals surface area contributed by atoms with Gasteiger partial charge < -0.3 is 9.47 Å². The van der Waals surface area contributed by atoms with E-state index in [2.05, 4.69) is 0 Å². The number of benzene rings is 1. The monoisotopic (exact) mass is 220 g/mol. The summed E-state index contributed by atoms with van der Waals surface area (Å²) in [6.45, 7) is 0.496. The highest BCUT2D eigenvalue weighted by atomic mass is 16.5. The molecule has 1 aliphatic carbocycles. The van der Waals surface area contributed by atoms with Gasteiger partial charge in [0.05, 0.1) is 25.4 Å². The van der Waals surface area contributed by atoms with Gasteiger partial charge in [0.2, 0.25) is 0 Å². The summed E-state index contributed by atoms with van der Waals surface area (Å²) >= 11 is 0. The summed E-state index contributed by atoms with van der Waals surface area (Å²) in [5.74, 6) is -0.298. The average molecular weight is 220 g/mol. The second-order valence-electron chi connectivity index (χ2n) is 4.01. The number of carbonyl (C=O) groups is 1. The fraction of sp³-hybridized carbons (Fsp3) is 0.462. The highest BCUT2D eigenvalue weighted by Crippen LogP contribution is 2.23. The van der Waals surface area contributed by atoms with Crippen molar-refractivity contribution >= 4 is 5.97 Å². The zero-order valence-corrected chi connectivity index (χ0v) is 9.44. The lowest BCUT2D eigenvalue weighted by molar-refractivity contribution is -0.00916. The van der Waals surface area contributed by atoms with Crippen LogP contribution in [0.2, 0.25) is 0 Å². The van der Waals surface area contributed by atoms with Crippen LogP contribution in [0.3, 0.4) is 0 Å². The van der Waals surface area contributed by atoms with Crippen molar-refractivity contribution in [2.45, 2.75) is 32.0 Å². The molecule has 0 aliphatic heterocycles. The first-order valence-electron chi connectivity index (χ1n) is 5.59. The van der Waals surface area contributed by atoms with Gasteiger partial charge in [-0.25, -0.2) is 4.79 Å². The molecular formula is C13H16O3. The van der Waals surface area contributed by atoms with E-state index in [9.17, 15) is 4.79 Å². The average Bonchev–Trinajstić information content (AvgIpc) is 2.26. The lowest BCUT2D eigenvalue weighted by atomic mass is 9.96. The first-order chi connectivity index (χ1) is 7.81. The Morgan fingerprint density at radius 1 is 1.38 bits per heavy atom. The largest absolute Gasteiger partial charge is 0.465 e. The SMILES string of the molecule is COC(=O)c1ccccc1COC1CCC1. The molecule has 2 rings (SSSR count). The van der Waals surface area contributed by atoms with Gasteiger partial charge in [-0.05, 0) is 30.9 Å². The Morgan fingerprint density at radius 3 is 2.75 bits per heavy atom. The van der Waals surface area contributed by atoms with Gasteiger partial charge in [0.25, 0.3) is 0 Å². The molecule has 0 saturated heterocycles. The van der Waals surface area contributed by atoms with Crippen molar-refractivity contribution in [2.24, 2.45) is 0 Å². The Hall–Kier alpha value is -1.35. The maximum Gasteiger partial charge on any atom is 0.338 e. The van der Waals surface area contributed by atoms with Crippen molar-refractivity contribution < 1.29 is 14.3 Å². The lowest BCUT2D eigenvalue weighted by Crippen LogP contribution is -2.21. The summed E-state index contributed by atoms with van der Waals surface area (Å²) in [5, 5.41) is 0. The van der Waals surface area contributed by atoms with E-state index in [0.717, 1.165) is 18.4 Å². The molecule has 1 aromatic rings. The molecule has 0 unspecified atom stereocenters. The van der Waals surface area contributed by atoms with E-state index in [1.807, 2.05) is 18.2 Å². The number of esters is 1. The Balaban J connectivity index is 2.03. The molecule has 1 saturated carbocycles. The number of carbonyl (C=O) groups excluding carboxylic acids is 1. The van der Waals surface area contributed by atoms with Crippen molar-refractivity contribution in [3.05, 3.63) is 35.4 Å². The molecule has 0 heterocycles. The van der Waals surface area contributed by atoms with Crippen LogP contribution in [0.25, 0.3) is 0 Å². The van der Waals surface area contributed by atoms with E-state index in [4.69, 9.17) is 9.47 Å². The number of rotatable bonds is 4. The summed E-state index contributed by atoms with van der Waals surface area (Å²) in [7, 11) is 1.39. The zero-order chi connectivity index (χ0) is 11.4. The van der Waals surface area contributed by atoms with Crippen LogP contribution in [-0.4, -0.2) is 19.2 Å². The van der Waals surface area contributed by atoms with Gasteiger partial charge in [-0.1, -0.05) is 18.2 Å². The molecule has 0 atom stereocenters. The third kappa shape index (κ3) is 2.42. The maximum absolute atomic E-state index is 11.5. The minimum atomic E-state index is -0.298. The molecule has 1 aromatic carbocycles. The maximum atomic E-state index is 11.5. The zero-order valence-electron chi connectivity index (χ0n) is 9.44. The van der Waals surface area contributed by atoms with Crippen molar-refractivity contribution in [1.82, 2.24) is 0 Å². The first-order valence-corrected chi connectivity index (χ1v) is 5.59. The van der Waals surface area contributed by atoms with Crippen molar-refractivity contribution in [3.63, 3.8) is 0 Å². The molecule has 16 heavy (non-hydrogen) atoms. The van der Waals surface area contributed by atoms with E-state index in [-0.39, 0.29) is 5.97 Å². The molecule has 0 aromatic heterocycles. The highest BCUT2D eigenvalue weighted by molar-refractivity contribution is 5.90. The fourth-order valence-corrected chi connectivity index (χ4v) is 1.70. The van der Waals surface area contributed by atoms with Crippen LogP contribution in [0, 0.1) is 0 Å². The molecule has 1 fully saturated rings. The number of hydrogen-bond donors (Lipinski definition) is 0. The number of ether oxygens (including phenoxy) is 2. The van der Waals surface area contributed by atoms with E-state index in [0.29, 0.717) is 18.3 Å². The molecule has 86 valence electrons. The summed E-state index contributed by atoms with van der Waals surface area (Å²) < 4.78 is 10.4. The van der Waals surface area contributed by atoms with Crippen LogP contribution >= 0.6 is 0 Å². The Kier molecular flexibility index (Phi) is 3.57. The van der Waals surface area contributed by atoms with E-state index < -0.39 is 0 Å². The molecule has 0 bridgehead atoms. The predicted molar refractivity (Wildman–Crippen MR) is 60.2 cm³/mol. The predicted octanol–water partition coefficient (Wildman–Crippen LogP) is 2.54. The second-order valence-corrected chi connectivity index (χ2v) is 4.01. The number of hydrogen-bond acceptors (Lipinski definition) is 3. The van der Waals surface area contributed by atoms with E-state index >= 15 is 0 Å². The normalized spacial score (nSPS) is 15.6. The molecule has 0 spiro atoms. The third-order valence-corrected chi connectivity index (χ3v) is 2.95. The van der Waals surface area contributed by atoms with Crippen LogP contribution in [-0.2, 0) is 16.1 Å². The summed E-state index contributed by atoms with van der Waals surface area (Å²) in [4.78, 5) is 11.5. The smallest absolute Gasteiger partial charge is 0.338 e. The van der Waals surface area contributed by atoms with Crippen LogP contribution < -0.4 is 0 Å². The van der Waals surface area contributed by atoms with Gasteiger partial charge in [-0.3, -0.25) is 0 Å². The van der Waals surface area contributed by atoms with Gasteiger partial charge in [0.1, 0.15) is 0 Å². The van der Waals surface area contributed by atoms with Gasteiger partial charge in [0, 0.05) is 0 Å².